The molecule has 0 radical (unpaired) electrons. The number of nitrogens with zero attached hydrogens (tertiary/aromatic N) is 1. The second-order valence-electron chi connectivity index (χ2n) is 12.4. The van der Waals surface area contributed by atoms with Gasteiger partial charge in [-0.25, -0.2) is 0 Å². The average molecular weight is 559 g/mol. The van der Waals surface area contributed by atoms with E-state index in [9.17, 15) is 0 Å². The van der Waals surface area contributed by atoms with E-state index >= 15 is 0 Å². The molecule has 0 unspecified atom stereocenters. The lowest BCUT2D eigenvalue weighted by molar-refractivity contribution is -0.954. The topological polar surface area (TPSA) is 0 Å². The van der Waals surface area contributed by atoms with Gasteiger partial charge in [0.25, 0.3) is 0 Å². The number of allylic oxidation sites excluding steroid dienone is 4. The van der Waals surface area contributed by atoms with Gasteiger partial charge in [0.1, 0.15) is 13.1 Å². The Kier molecular flexibility index (Phi) is 20.9. The number of rotatable bonds is 26. The minimum Gasteiger partial charge on any atom is -0.316 e. The molecule has 0 saturated carbocycles. The van der Waals surface area contributed by atoms with Gasteiger partial charge >= 0.3 is 0 Å². The van der Waals surface area contributed by atoms with Gasteiger partial charge < -0.3 is 4.48 Å². The van der Waals surface area contributed by atoms with E-state index in [1.807, 2.05) is 0 Å². The maximum Gasteiger partial charge on any atom is 0.105 e. The molecule has 0 heterocycles. The number of hydrogen-bond donors (Lipinski definition) is 0. The molecule has 0 N–H and O–H groups in total. The maximum atomic E-state index is 2.40. The van der Waals surface area contributed by atoms with Crippen molar-refractivity contribution in [3.63, 3.8) is 0 Å². The number of benzene rings is 2. The summed E-state index contributed by atoms with van der Waals surface area (Å²) in [6.07, 6.45) is 33.6. The molecule has 0 atom stereocenters. The quantitative estimate of drug-likeness (QED) is 0.0612. The standard InChI is InChI=1S/C40H64N/c1-3-5-7-9-11-13-15-17-19-21-29-35-41(37-39-31-25-23-26-32-39,38-40-33-27-24-28-34-40)36-30-22-20-18-16-14-12-10-8-6-4-2/h7-10,23-28,31-34H,3-6,11-22,29-30,35-38H2,1-2H3/q+1/b9-7+,10-8+. The summed E-state index contributed by atoms with van der Waals surface area (Å²) in [6, 6.07) is 22.6. The zero-order chi connectivity index (χ0) is 29.1. The van der Waals surface area contributed by atoms with Gasteiger partial charge in [0.15, 0.2) is 0 Å². The Bertz CT molecular complexity index is 806. The third-order valence-electron chi connectivity index (χ3n) is 8.47. The Hall–Kier alpha value is -2.12. The van der Waals surface area contributed by atoms with Crippen LogP contribution in [0, 0.1) is 0 Å². The lowest BCUT2D eigenvalue weighted by Crippen LogP contribution is -2.48. The van der Waals surface area contributed by atoms with E-state index in [0.717, 1.165) is 13.1 Å². The summed E-state index contributed by atoms with van der Waals surface area (Å²) in [7, 11) is 0. The van der Waals surface area contributed by atoms with Gasteiger partial charge in [0, 0.05) is 11.1 Å². The summed E-state index contributed by atoms with van der Waals surface area (Å²) in [5.41, 5.74) is 2.99. The lowest BCUT2D eigenvalue weighted by Gasteiger charge is -2.39. The second kappa shape index (κ2) is 24.5. The lowest BCUT2D eigenvalue weighted by atomic mass is 10.0. The van der Waals surface area contributed by atoms with Crippen LogP contribution in [0.25, 0.3) is 0 Å². The molecule has 41 heavy (non-hydrogen) atoms. The van der Waals surface area contributed by atoms with E-state index in [4.69, 9.17) is 0 Å². The third-order valence-corrected chi connectivity index (χ3v) is 8.47. The van der Waals surface area contributed by atoms with Gasteiger partial charge in [-0.1, -0.05) is 150 Å². The van der Waals surface area contributed by atoms with E-state index in [-0.39, 0.29) is 0 Å². The highest BCUT2D eigenvalue weighted by molar-refractivity contribution is 5.15. The SMILES string of the molecule is CCC/C=C/CCCCCCCC[N+](CCCCCCCC/C=C/CCC)(Cc1ccccc1)Cc1ccccc1. The van der Waals surface area contributed by atoms with Crippen molar-refractivity contribution >= 4 is 0 Å². The molecular formula is C40H64N+. The van der Waals surface area contributed by atoms with Gasteiger partial charge in [-0.2, -0.15) is 0 Å². The van der Waals surface area contributed by atoms with E-state index in [2.05, 4.69) is 98.8 Å². The predicted octanol–water partition coefficient (Wildman–Crippen LogP) is 12.4. The molecule has 228 valence electrons. The molecule has 1 heteroatoms. The van der Waals surface area contributed by atoms with E-state index in [1.165, 1.54) is 144 Å². The fraction of sp³-hybridized carbons (Fsp3) is 0.600. The van der Waals surface area contributed by atoms with Crippen LogP contribution >= 0.6 is 0 Å². The monoisotopic (exact) mass is 559 g/mol. The number of quaternary nitrogens is 1. The van der Waals surface area contributed by atoms with Crippen molar-refractivity contribution in [1.82, 2.24) is 0 Å². The molecule has 0 bridgehead atoms. The Morgan fingerprint density at radius 2 is 0.756 bits per heavy atom. The van der Waals surface area contributed by atoms with Crippen LogP contribution in [-0.4, -0.2) is 17.6 Å². The Morgan fingerprint density at radius 3 is 1.15 bits per heavy atom. The van der Waals surface area contributed by atoms with Crippen LogP contribution in [0.2, 0.25) is 0 Å². The molecule has 0 spiro atoms. The zero-order valence-corrected chi connectivity index (χ0v) is 27.1. The summed E-state index contributed by atoms with van der Waals surface area (Å²) in [4.78, 5) is 0. The smallest absolute Gasteiger partial charge is 0.105 e. The Balaban J connectivity index is 1.87. The summed E-state index contributed by atoms with van der Waals surface area (Å²) >= 11 is 0. The first-order valence-corrected chi connectivity index (χ1v) is 17.5. The largest absolute Gasteiger partial charge is 0.316 e. The van der Waals surface area contributed by atoms with Crippen LogP contribution in [0.3, 0.4) is 0 Å². The minimum absolute atomic E-state index is 1.16. The molecule has 0 aromatic heterocycles. The van der Waals surface area contributed by atoms with E-state index < -0.39 is 0 Å². The van der Waals surface area contributed by atoms with Gasteiger partial charge in [-0.15, -0.1) is 0 Å². The summed E-state index contributed by atoms with van der Waals surface area (Å²) in [5, 5.41) is 0. The highest BCUT2D eigenvalue weighted by Gasteiger charge is 2.27. The van der Waals surface area contributed by atoms with E-state index in [0.29, 0.717) is 0 Å². The molecule has 2 rings (SSSR count). The van der Waals surface area contributed by atoms with Gasteiger partial charge in [0.2, 0.25) is 0 Å². The third kappa shape index (κ3) is 18.1. The first-order chi connectivity index (χ1) is 20.3. The molecule has 0 fully saturated rings. The van der Waals surface area contributed by atoms with Crippen molar-refractivity contribution in [2.75, 3.05) is 13.1 Å². The predicted molar refractivity (Wildman–Crippen MR) is 183 cm³/mol. The van der Waals surface area contributed by atoms with E-state index in [1.54, 1.807) is 0 Å². The second-order valence-corrected chi connectivity index (χ2v) is 12.4. The zero-order valence-electron chi connectivity index (χ0n) is 27.1. The van der Waals surface area contributed by atoms with Gasteiger partial charge in [-0.3, -0.25) is 0 Å². The highest BCUT2D eigenvalue weighted by atomic mass is 15.3. The Labute approximate surface area is 255 Å². The minimum atomic E-state index is 1.16. The fourth-order valence-corrected chi connectivity index (χ4v) is 6.06. The number of hydrogen-bond acceptors (Lipinski definition) is 0. The van der Waals surface area contributed by atoms with Crippen LogP contribution in [0.15, 0.2) is 85.0 Å². The summed E-state index contributed by atoms with van der Waals surface area (Å²) in [6.45, 7) is 9.43. The highest BCUT2D eigenvalue weighted by Crippen LogP contribution is 2.24. The number of unbranched alkanes of at least 4 members (excludes halogenated alkanes) is 14. The van der Waals surface area contributed by atoms with Crippen LogP contribution < -0.4 is 0 Å². The Morgan fingerprint density at radius 1 is 0.415 bits per heavy atom. The normalized spacial score (nSPS) is 12.1. The van der Waals surface area contributed by atoms with Crippen molar-refractivity contribution in [3.05, 3.63) is 96.1 Å². The van der Waals surface area contributed by atoms with Crippen molar-refractivity contribution < 1.29 is 4.48 Å². The molecule has 0 saturated heterocycles. The maximum absolute atomic E-state index is 2.40. The molecule has 1 nitrogen and oxygen atoms in total. The molecular weight excluding hydrogens is 494 g/mol. The van der Waals surface area contributed by atoms with Crippen LogP contribution in [0.5, 0.6) is 0 Å². The molecule has 0 aliphatic carbocycles. The van der Waals surface area contributed by atoms with Crippen LogP contribution in [-0.2, 0) is 13.1 Å². The first-order valence-electron chi connectivity index (χ1n) is 17.5. The summed E-state index contributed by atoms with van der Waals surface area (Å²) < 4.78 is 1.21. The van der Waals surface area contributed by atoms with Crippen molar-refractivity contribution in [3.8, 4) is 0 Å². The molecule has 0 amide bonds. The van der Waals surface area contributed by atoms with Gasteiger partial charge in [-0.05, 0) is 64.2 Å². The molecule has 0 aliphatic heterocycles. The van der Waals surface area contributed by atoms with Gasteiger partial charge in [0.05, 0.1) is 13.1 Å². The fourth-order valence-electron chi connectivity index (χ4n) is 6.06. The van der Waals surface area contributed by atoms with Crippen LogP contribution in [0.1, 0.15) is 141 Å². The van der Waals surface area contributed by atoms with Crippen LogP contribution in [0.4, 0.5) is 0 Å². The van der Waals surface area contributed by atoms with Crippen molar-refractivity contribution in [1.29, 1.82) is 0 Å². The molecule has 2 aromatic carbocycles. The first kappa shape index (κ1) is 35.1. The average Bonchev–Trinajstić information content (AvgIpc) is 3.00. The van der Waals surface area contributed by atoms with Crippen molar-refractivity contribution in [2.45, 2.75) is 143 Å². The summed E-state index contributed by atoms with van der Waals surface area (Å²) in [5.74, 6) is 0. The molecule has 0 aliphatic rings. The van der Waals surface area contributed by atoms with Crippen molar-refractivity contribution in [2.24, 2.45) is 0 Å². The molecule has 2 aromatic rings.